The number of esters is 1. The highest BCUT2D eigenvalue weighted by atomic mass is 19.1. The zero-order valence-corrected chi connectivity index (χ0v) is 25.2. The first-order valence-electron chi connectivity index (χ1n) is 14.8. The number of fused-ring (bicyclic) bond motifs is 1. The minimum Gasteiger partial charge on any atom is -0.493 e. The fraction of sp³-hybridized carbons (Fsp3) is 0.515. The highest BCUT2D eigenvalue weighted by Crippen LogP contribution is 2.45. The first-order chi connectivity index (χ1) is 20.3. The molecule has 1 amide bonds. The third kappa shape index (κ3) is 8.32. The van der Waals surface area contributed by atoms with E-state index in [0.29, 0.717) is 42.4 Å². The van der Waals surface area contributed by atoms with Gasteiger partial charge in [-0.25, -0.2) is 13.6 Å². The number of carbonyl (C=O) groups excluding carboxylic acids is 2. The minimum absolute atomic E-state index is 0.0290. The molecule has 1 aromatic heterocycles. The molecule has 8 nitrogen and oxygen atoms in total. The number of rotatable bonds is 13. The van der Waals surface area contributed by atoms with Crippen molar-refractivity contribution < 1.29 is 42.5 Å². The molecule has 43 heavy (non-hydrogen) atoms. The Morgan fingerprint density at radius 3 is 2.40 bits per heavy atom. The summed E-state index contributed by atoms with van der Waals surface area (Å²) in [5.41, 5.74) is -0.994. The SMILES string of the molecule is COc1cc(CCC(=O)NC(C)CCCC(C)(C)O)cc2c(C(=O)OCc3cc(F)cc(F)c3)c(C3(O)CCCC3)oc12. The molecule has 1 fully saturated rings. The highest BCUT2D eigenvalue weighted by Gasteiger charge is 2.42. The summed E-state index contributed by atoms with van der Waals surface area (Å²) < 4.78 is 44.6. The average Bonchev–Trinajstić information content (AvgIpc) is 3.54. The number of aryl methyl sites for hydroxylation is 1. The van der Waals surface area contributed by atoms with Crippen LogP contribution >= 0.6 is 0 Å². The molecule has 10 heteroatoms. The van der Waals surface area contributed by atoms with Gasteiger partial charge < -0.3 is 29.4 Å². The van der Waals surface area contributed by atoms with E-state index in [-0.39, 0.29) is 47.4 Å². The van der Waals surface area contributed by atoms with Crippen molar-refractivity contribution >= 4 is 22.8 Å². The van der Waals surface area contributed by atoms with Crippen molar-refractivity contribution in [3.63, 3.8) is 0 Å². The topological polar surface area (TPSA) is 118 Å². The summed E-state index contributed by atoms with van der Waals surface area (Å²) in [5, 5.41) is 24.7. The molecule has 3 aromatic rings. The van der Waals surface area contributed by atoms with Crippen LogP contribution in [0.25, 0.3) is 11.0 Å². The number of hydrogen-bond donors (Lipinski definition) is 3. The van der Waals surface area contributed by atoms with Gasteiger partial charge >= 0.3 is 5.97 Å². The molecule has 2 aromatic carbocycles. The molecule has 1 unspecified atom stereocenters. The number of halogens is 2. The van der Waals surface area contributed by atoms with Gasteiger partial charge in [0.25, 0.3) is 0 Å². The normalized spacial score (nSPS) is 15.4. The monoisotopic (exact) mass is 601 g/mol. The maximum absolute atomic E-state index is 13.7. The molecule has 1 aliphatic carbocycles. The van der Waals surface area contributed by atoms with Gasteiger partial charge in [0, 0.05) is 23.9 Å². The van der Waals surface area contributed by atoms with E-state index in [1.165, 1.54) is 7.11 Å². The van der Waals surface area contributed by atoms with Crippen molar-refractivity contribution in [2.24, 2.45) is 0 Å². The molecular weight excluding hydrogens is 560 g/mol. The van der Waals surface area contributed by atoms with Crippen molar-refractivity contribution in [3.05, 3.63) is 64.4 Å². The van der Waals surface area contributed by atoms with E-state index in [1.807, 2.05) is 6.92 Å². The van der Waals surface area contributed by atoms with E-state index in [4.69, 9.17) is 13.9 Å². The maximum Gasteiger partial charge on any atom is 0.342 e. The van der Waals surface area contributed by atoms with Gasteiger partial charge in [0.2, 0.25) is 5.91 Å². The summed E-state index contributed by atoms with van der Waals surface area (Å²) in [5.74, 6) is -2.11. The van der Waals surface area contributed by atoms with Crippen molar-refractivity contribution in [1.82, 2.24) is 5.32 Å². The van der Waals surface area contributed by atoms with Crippen molar-refractivity contribution in [2.75, 3.05) is 7.11 Å². The first kappa shape index (κ1) is 32.4. The quantitative estimate of drug-likeness (QED) is 0.199. The summed E-state index contributed by atoms with van der Waals surface area (Å²) in [6, 6.07) is 6.30. The number of hydrogen-bond acceptors (Lipinski definition) is 7. The number of furan rings is 1. The second-order valence-corrected chi connectivity index (χ2v) is 12.2. The number of benzene rings is 2. The molecule has 4 rings (SSSR count). The molecule has 1 aliphatic rings. The largest absolute Gasteiger partial charge is 0.493 e. The molecule has 1 atom stereocenters. The Hall–Kier alpha value is -3.50. The van der Waals surface area contributed by atoms with Gasteiger partial charge in [0.1, 0.15) is 29.4 Å². The molecule has 0 spiro atoms. The van der Waals surface area contributed by atoms with E-state index in [9.17, 15) is 28.6 Å². The smallest absolute Gasteiger partial charge is 0.342 e. The standard InChI is InChI=1S/C33H41F2NO7/c1-20(8-7-11-32(2,3)39)36-27(37)10-9-21-16-25-28(31(38)42-19-22-14-23(34)18-24(35)15-22)30(33(40)12-5-6-13-33)43-29(25)26(17-21)41-4/h14-18,20,39-40H,5-13,19H2,1-4H3,(H,36,37). The molecule has 1 heterocycles. The molecule has 0 aliphatic heterocycles. The Bertz CT molecular complexity index is 1430. The Labute approximate surface area is 250 Å². The summed E-state index contributed by atoms with van der Waals surface area (Å²) in [7, 11) is 1.46. The van der Waals surface area contributed by atoms with Crippen LogP contribution in [0, 0.1) is 11.6 Å². The van der Waals surface area contributed by atoms with E-state index in [0.717, 1.165) is 43.9 Å². The third-order valence-corrected chi connectivity index (χ3v) is 7.86. The number of nitrogens with one attached hydrogen (secondary N) is 1. The van der Waals surface area contributed by atoms with Crippen LogP contribution in [0.2, 0.25) is 0 Å². The molecule has 0 radical (unpaired) electrons. The molecule has 3 N–H and O–H groups in total. The predicted molar refractivity (Wildman–Crippen MR) is 157 cm³/mol. The van der Waals surface area contributed by atoms with Gasteiger partial charge in [-0.05, 0) is 108 Å². The lowest BCUT2D eigenvalue weighted by molar-refractivity contribution is -0.121. The zero-order valence-electron chi connectivity index (χ0n) is 25.2. The van der Waals surface area contributed by atoms with Gasteiger partial charge in [0.05, 0.1) is 12.7 Å². The van der Waals surface area contributed by atoms with Gasteiger partial charge in [-0.2, -0.15) is 0 Å². The van der Waals surface area contributed by atoms with Gasteiger partial charge in [0.15, 0.2) is 17.1 Å². The fourth-order valence-electron chi connectivity index (χ4n) is 5.67. The Morgan fingerprint density at radius 2 is 1.77 bits per heavy atom. The molecule has 0 saturated heterocycles. The Kier molecular flexibility index (Phi) is 10.1. The Morgan fingerprint density at radius 1 is 1.09 bits per heavy atom. The fourth-order valence-corrected chi connectivity index (χ4v) is 5.67. The molecule has 234 valence electrons. The molecule has 1 saturated carbocycles. The Balaban J connectivity index is 1.57. The number of amides is 1. The van der Waals surface area contributed by atoms with Gasteiger partial charge in [-0.3, -0.25) is 4.79 Å². The van der Waals surface area contributed by atoms with Crippen LogP contribution in [0.4, 0.5) is 8.78 Å². The lowest BCUT2D eigenvalue weighted by Crippen LogP contribution is -2.33. The number of aliphatic hydroxyl groups is 2. The van der Waals surface area contributed by atoms with Crippen LogP contribution in [0.5, 0.6) is 5.75 Å². The molecular formula is C33H41F2NO7. The van der Waals surface area contributed by atoms with Crippen LogP contribution in [-0.2, 0) is 28.2 Å². The van der Waals surface area contributed by atoms with E-state index < -0.39 is 28.8 Å². The van der Waals surface area contributed by atoms with Crippen molar-refractivity contribution in [2.45, 2.75) is 102 Å². The summed E-state index contributed by atoms with van der Waals surface area (Å²) in [4.78, 5) is 26.2. The minimum atomic E-state index is -1.38. The van der Waals surface area contributed by atoms with Crippen LogP contribution in [-0.4, -0.2) is 40.8 Å². The first-order valence-corrected chi connectivity index (χ1v) is 14.8. The van der Waals surface area contributed by atoms with Gasteiger partial charge in [-0.1, -0.05) is 0 Å². The summed E-state index contributed by atoms with van der Waals surface area (Å²) >= 11 is 0. The second kappa shape index (κ2) is 13.4. The lowest BCUT2D eigenvalue weighted by atomic mass is 9.94. The molecule has 0 bridgehead atoms. The van der Waals surface area contributed by atoms with Crippen LogP contribution in [0.3, 0.4) is 0 Å². The second-order valence-electron chi connectivity index (χ2n) is 12.2. The zero-order chi connectivity index (χ0) is 31.4. The average molecular weight is 602 g/mol. The summed E-state index contributed by atoms with van der Waals surface area (Å²) in [6.07, 6.45) is 4.97. The van der Waals surface area contributed by atoms with Crippen molar-refractivity contribution in [1.29, 1.82) is 0 Å². The third-order valence-electron chi connectivity index (χ3n) is 7.86. The van der Waals surface area contributed by atoms with Crippen molar-refractivity contribution in [3.8, 4) is 5.75 Å². The lowest BCUT2D eigenvalue weighted by Gasteiger charge is -2.20. The maximum atomic E-state index is 13.7. The van der Waals surface area contributed by atoms with E-state index >= 15 is 0 Å². The van der Waals surface area contributed by atoms with Crippen LogP contribution in [0.15, 0.2) is 34.7 Å². The predicted octanol–water partition coefficient (Wildman–Crippen LogP) is 6.22. The van der Waals surface area contributed by atoms with E-state index in [2.05, 4.69) is 5.32 Å². The highest BCUT2D eigenvalue weighted by molar-refractivity contribution is 6.06. The van der Waals surface area contributed by atoms with Gasteiger partial charge in [-0.15, -0.1) is 0 Å². The van der Waals surface area contributed by atoms with E-state index in [1.54, 1.807) is 26.0 Å². The number of ether oxygens (including phenoxy) is 2. The van der Waals surface area contributed by atoms with Crippen LogP contribution < -0.4 is 10.1 Å². The summed E-state index contributed by atoms with van der Waals surface area (Å²) in [6.45, 7) is 5.06. The number of methoxy groups -OCH3 is 1. The number of carbonyl (C=O) groups is 2. The van der Waals surface area contributed by atoms with Crippen LogP contribution in [0.1, 0.15) is 99.4 Å².